The van der Waals surface area contributed by atoms with Gasteiger partial charge in [0.05, 0.1) is 12.9 Å². The molecule has 2 aliphatic rings. The summed E-state index contributed by atoms with van der Waals surface area (Å²) in [6, 6.07) is -0.597. The first kappa shape index (κ1) is 13.1. The summed E-state index contributed by atoms with van der Waals surface area (Å²) < 4.78 is 0. The number of aromatic amines is 1. The van der Waals surface area contributed by atoms with Crippen LogP contribution in [-0.2, 0) is 4.79 Å². The van der Waals surface area contributed by atoms with E-state index in [1.807, 2.05) is 0 Å². The molecule has 2 fully saturated rings. The van der Waals surface area contributed by atoms with Crippen LogP contribution in [0.5, 0.6) is 0 Å². The molecule has 1 aromatic rings. The molecule has 1 aromatic heterocycles. The number of hydrogen-bond donors (Lipinski definition) is 4. The molecule has 1 unspecified atom stereocenters. The molecule has 1 atom stereocenters. The van der Waals surface area contributed by atoms with Crippen molar-refractivity contribution in [3.63, 3.8) is 0 Å². The van der Waals surface area contributed by atoms with Crippen LogP contribution < -0.4 is 10.6 Å². The third kappa shape index (κ3) is 1.91. The van der Waals surface area contributed by atoms with Gasteiger partial charge in [0.25, 0.3) is 11.8 Å². The lowest BCUT2D eigenvalue weighted by atomic mass is 9.99. The number of H-pyrrole nitrogens is 1. The van der Waals surface area contributed by atoms with Crippen LogP contribution in [0.1, 0.15) is 27.4 Å². The van der Waals surface area contributed by atoms with Gasteiger partial charge in [0.1, 0.15) is 5.54 Å². The third-order valence-electron chi connectivity index (χ3n) is 3.63. The van der Waals surface area contributed by atoms with Crippen molar-refractivity contribution in [1.82, 2.24) is 25.5 Å². The van der Waals surface area contributed by atoms with Gasteiger partial charge in [-0.2, -0.15) is 0 Å². The summed E-state index contributed by atoms with van der Waals surface area (Å²) in [6.45, 7) is 0.202. The Morgan fingerprint density at radius 2 is 2.14 bits per heavy atom. The maximum atomic E-state index is 12.3. The Morgan fingerprint density at radius 1 is 1.38 bits per heavy atom. The Labute approximate surface area is 117 Å². The van der Waals surface area contributed by atoms with Crippen LogP contribution in [0.15, 0.2) is 6.33 Å². The van der Waals surface area contributed by atoms with E-state index in [1.54, 1.807) is 0 Å². The summed E-state index contributed by atoms with van der Waals surface area (Å²) in [4.78, 5) is 53.7. The fraction of sp³-hybridized carbons (Fsp3) is 0.364. The summed E-state index contributed by atoms with van der Waals surface area (Å²) in [5.74, 6) is -2.38. The molecule has 0 aliphatic carbocycles. The first-order valence-electron chi connectivity index (χ1n) is 6.12. The van der Waals surface area contributed by atoms with Crippen LogP contribution in [0.2, 0.25) is 0 Å². The quantitative estimate of drug-likeness (QED) is 0.490. The van der Waals surface area contributed by atoms with Gasteiger partial charge in [-0.1, -0.05) is 0 Å². The maximum Gasteiger partial charge on any atom is 0.354 e. The maximum absolute atomic E-state index is 12.3. The van der Waals surface area contributed by atoms with E-state index in [4.69, 9.17) is 5.11 Å². The first-order valence-corrected chi connectivity index (χ1v) is 6.12. The third-order valence-corrected chi connectivity index (χ3v) is 3.63. The van der Waals surface area contributed by atoms with E-state index in [9.17, 15) is 19.2 Å². The molecular weight excluding hydrogens is 282 g/mol. The van der Waals surface area contributed by atoms with Gasteiger partial charge in [-0.05, 0) is 6.42 Å². The predicted octanol–water partition coefficient (Wildman–Crippen LogP) is -1.47. The van der Waals surface area contributed by atoms with Crippen molar-refractivity contribution in [3.05, 3.63) is 17.7 Å². The van der Waals surface area contributed by atoms with Crippen LogP contribution in [0, 0.1) is 0 Å². The number of aromatic carboxylic acids is 1. The lowest BCUT2D eigenvalue weighted by Gasteiger charge is -2.20. The minimum atomic E-state index is -1.29. The van der Waals surface area contributed by atoms with E-state index in [0.29, 0.717) is 0 Å². The van der Waals surface area contributed by atoms with Gasteiger partial charge < -0.3 is 20.3 Å². The van der Waals surface area contributed by atoms with Gasteiger partial charge in [-0.25, -0.2) is 14.6 Å². The largest absolute Gasteiger partial charge is 0.477 e. The van der Waals surface area contributed by atoms with Crippen molar-refractivity contribution in [2.45, 2.75) is 12.0 Å². The lowest BCUT2D eigenvalue weighted by molar-refractivity contribution is -0.123. The number of carbonyl (C=O) groups is 4. The van der Waals surface area contributed by atoms with E-state index in [-0.39, 0.29) is 30.9 Å². The minimum Gasteiger partial charge on any atom is -0.477 e. The number of hydrogen-bond acceptors (Lipinski definition) is 5. The molecule has 0 saturated carbocycles. The number of likely N-dealkylation sites (tertiary alicyclic amines) is 1. The van der Waals surface area contributed by atoms with E-state index in [1.165, 1.54) is 4.90 Å². The molecule has 21 heavy (non-hydrogen) atoms. The molecule has 3 rings (SSSR count). The average Bonchev–Trinajstić information content (AvgIpc) is 3.10. The zero-order chi connectivity index (χ0) is 15.2. The second-order valence-corrected chi connectivity index (χ2v) is 4.90. The molecule has 10 heteroatoms. The molecule has 0 bridgehead atoms. The Kier molecular flexibility index (Phi) is 2.68. The molecule has 3 heterocycles. The molecule has 110 valence electrons. The molecular formula is C11H11N5O5. The van der Waals surface area contributed by atoms with Crippen LogP contribution in [0.25, 0.3) is 0 Å². The minimum absolute atomic E-state index is 0.0185. The molecule has 4 N–H and O–H groups in total. The van der Waals surface area contributed by atoms with Gasteiger partial charge in [0, 0.05) is 6.54 Å². The number of nitrogens with zero attached hydrogens (tertiary/aromatic N) is 2. The Balaban J connectivity index is 1.82. The van der Waals surface area contributed by atoms with Crippen molar-refractivity contribution in [3.8, 4) is 0 Å². The normalized spacial score (nSPS) is 24.3. The molecule has 2 aliphatic heterocycles. The van der Waals surface area contributed by atoms with Gasteiger partial charge in [0.2, 0.25) is 0 Å². The lowest BCUT2D eigenvalue weighted by Crippen LogP contribution is -2.49. The number of carboxylic acid groups (broad SMARTS) is 1. The van der Waals surface area contributed by atoms with E-state index < -0.39 is 29.4 Å². The number of aromatic nitrogens is 2. The van der Waals surface area contributed by atoms with Crippen molar-refractivity contribution in [2.24, 2.45) is 0 Å². The molecule has 10 nitrogen and oxygen atoms in total. The Hall–Kier alpha value is -2.91. The smallest absolute Gasteiger partial charge is 0.354 e. The highest BCUT2D eigenvalue weighted by Gasteiger charge is 2.52. The van der Waals surface area contributed by atoms with Crippen molar-refractivity contribution < 1.29 is 24.3 Å². The first-order chi connectivity index (χ1) is 9.93. The second-order valence-electron chi connectivity index (χ2n) is 4.90. The number of imide groups is 1. The molecule has 0 radical (unpaired) electrons. The SMILES string of the molecule is O=C1NC(=O)C2(CCN(C(=O)c3nc[nH]c3C(=O)O)C2)N1. The van der Waals surface area contributed by atoms with Crippen LogP contribution in [0.3, 0.4) is 0 Å². The van der Waals surface area contributed by atoms with Crippen LogP contribution in [0.4, 0.5) is 4.79 Å². The van der Waals surface area contributed by atoms with Gasteiger partial charge >= 0.3 is 12.0 Å². The van der Waals surface area contributed by atoms with Crippen molar-refractivity contribution >= 4 is 23.8 Å². The highest BCUT2D eigenvalue weighted by atomic mass is 16.4. The highest BCUT2D eigenvalue weighted by molar-refractivity contribution is 6.08. The van der Waals surface area contributed by atoms with E-state index >= 15 is 0 Å². The zero-order valence-corrected chi connectivity index (χ0v) is 10.7. The van der Waals surface area contributed by atoms with Crippen LogP contribution >= 0.6 is 0 Å². The Morgan fingerprint density at radius 3 is 2.76 bits per heavy atom. The second kappa shape index (κ2) is 4.30. The number of imidazole rings is 1. The van der Waals surface area contributed by atoms with Gasteiger partial charge in [-0.15, -0.1) is 0 Å². The number of carboxylic acids is 1. The fourth-order valence-corrected chi connectivity index (χ4v) is 2.57. The summed E-state index contributed by atoms with van der Waals surface area (Å²) in [6.07, 6.45) is 1.38. The number of carbonyl (C=O) groups excluding carboxylic acids is 3. The topological polar surface area (TPSA) is 144 Å². The summed E-state index contributed by atoms with van der Waals surface area (Å²) in [5, 5.41) is 13.6. The van der Waals surface area contributed by atoms with E-state index in [2.05, 4.69) is 20.6 Å². The van der Waals surface area contributed by atoms with Crippen LogP contribution in [-0.4, -0.2) is 62.4 Å². The van der Waals surface area contributed by atoms with Crippen molar-refractivity contribution in [2.75, 3.05) is 13.1 Å². The summed E-state index contributed by atoms with van der Waals surface area (Å²) in [5.41, 5.74) is -1.66. The zero-order valence-electron chi connectivity index (χ0n) is 10.7. The molecule has 2 saturated heterocycles. The average molecular weight is 293 g/mol. The summed E-state index contributed by atoms with van der Waals surface area (Å²) in [7, 11) is 0. The molecule has 1 spiro atoms. The fourth-order valence-electron chi connectivity index (χ4n) is 2.57. The molecule has 4 amide bonds. The van der Waals surface area contributed by atoms with Crippen molar-refractivity contribution in [1.29, 1.82) is 0 Å². The number of urea groups is 1. The van der Waals surface area contributed by atoms with E-state index in [0.717, 1.165) is 6.33 Å². The number of amides is 4. The highest BCUT2D eigenvalue weighted by Crippen LogP contribution is 2.26. The predicted molar refractivity (Wildman–Crippen MR) is 65.5 cm³/mol. The van der Waals surface area contributed by atoms with Gasteiger partial charge in [-0.3, -0.25) is 14.9 Å². The Bertz CT molecular complexity index is 668. The monoisotopic (exact) mass is 293 g/mol. The number of nitrogens with one attached hydrogen (secondary N) is 3. The van der Waals surface area contributed by atoms with Gasteiger partial charge in [0.15, 0.2) is 11.4 Å². The summed E-state index contributed by atoms with van der Waals surface area (Å²) >= 11 is 0. The number of rotatable bonds is 2. The molecule has 0 aromatic carbocycles. The standard InChI is InChI=1S/C11H11N5O5/c17-7(5-6(8(18)19)13-4-12-5)16-2-1-11(3-16)9(20)14-10(21)15-11/h4H,1-3H2,(H,12,13)(H,18,19)(H2,14,15,20,21).